The summed E-state index contributed by atoms with van der Waals surface area (Å²) >= 11 is 5.90. The molecule has 0 aliphatic carbocycles. The molecule has 3 N–H and O–H groups in total. The van der Waals surface area contributed by atoms with Crippen molar-refractivity contribution in [2.75, 3.05) is 0 Å². The van der Waals surface area contributed by atoms with Crippen LogP contribution < -0.4 is 11.2 Å². The lowest BCUT2D eigenvalue weighted by Crippen LogP contribution is -2.23. The van der Waals surface area contributed by atoms with Crippen LogP contribution in [0.15, 0.2) is 16.7 Å². The molecule has 11 heavy (non-hydrogen) atoms. The van der Waals surface area contributed by atoms with E-state index < -0.39 is 0 Å². The van der Waals surface area contributed by atoms with Crippen molar-refractivity contribution in [3.63, 3.8) is 0 Å². The highest BCUT2D eigenvalue weighted by molar-refractivity contribution is 7.80. The zero-order valence-electron chi connectivity index (χ0n) is 5.52. The first kappa shape index (κ1) is 8.09. The molecule has 0 aliphatic rings. The molecule has 0 saturated carbocycles. The number of nitrogens with zero attached hydrogens (tertiary/aromatic N) is 2. The van der Waals surface area contributed by atoms with E-state index in [0.717, 1.165) is 5.56 Å². The van der Waals surface area contributed by atoms with Crippen molar-refractivity contribution in [1.29, 1.82) is 0 Å². The van der Waals surface area contributed by atoms with Crippen molar-refractivity contribution >= 4 is 35.1 Å². The van der Waals surface area contributed by atoms with Gasteiger partial charge < -0.3 is 5.73 Å². The van der Waals surface area contributed by atoms with E-state index in [9.17, 15) is 0 Å². The number of hydrazone groups is 1. The van der Waals surface area contributed by atoms with Gasteiger partial charge in [0.15, 0.2) is 5.11 Å². The first-order chi connectivity index (χ1) is 5.29. The van der Waals surface area contributed by atoms with E-state index in [-0.39, 0.29) is 5.11 Å². The first-order valence-corrected chi connectivity index (χ1v) is 4.01. The van der Waals surface area contributed by atoms with Gasteiger partial charge in [-0.2, -0.15) is 5.10 Å². The Balaban J connectivity index is 2.43. The fraction of sp³-hybridized carbons (Fsp3) is 0. The molecular formula is C5H6N4S2. The summed E-state index contributed by atoms with van der Waals surface area (Å²) in [5.74, 6) is 0. The summed E-state index contributed by atoms with van der Waals surface area (Å²) in [5, 5.41) is 5.76. The molecule has 0 amide bonds. The third-order valence-corrected chi connectivity index (χ3v) is 1.54. The molecule has 6 heteroatoms. The summed E-state index contributed by atoms with van der Waals surface area (Å²) < 4.78 is 3.88. The van der Waals surface area contributed by atoms with Gasteiger partial charge in [0, 0.05) is 17.1 Å². The maximum atomic E-state index is 5.13. The van der Waals surface area contributed by atoms with E-state index in [1.807, 2.05) is 5.38 Å². The molecule has 0 spiro atoms. The Labute approximate surface area is 73.3 Å². The van der Waals surface area contributed by atoms with Gasteiger partial charge in [0.2, 0.25) is 0 Å². The zero-order chi connectivity index (χ0) is 8.10. The van der Waals surface area contributed by atoms with Crippen LogP contribution in [0, 0.1) is 0 Å². The molecule has 0 aromatic carbocycles. The Morgan fingerprint density at radius 1 is 1.91 bits per heavy atom. The van der Waals surface area contributed by atoms with Crippen molar-refractivity contribution in [2.24, 2.45) is 10.8 Å². The van der Waals surface area contributed by atoms with Crippen LogP contribution >= 0.6 is 23.8 Å². The summed E-state index contributed by atoms with van der Waals surface area (Å²) in [6.45, 7) is 0. The van der Waals surface area contributed by atoms with Gasteiger partial charge in [0.1, 0.15) is 0 Å². The van der Waals surface area contributed by atoms with Gasteiger partial charge in [-0.1, -0.05) is 0 Å². The number of aromatic nitrogens is 1. The zero-order valence-corrected chi connectivity index (χ0v) is 7.15. The second-order valence-electron chi connectivity index (χ2n) is 1.69. The topological polar surface area (TPSA) is 63.3 Å². The van der Waals surface area contributed by atoms with Crippen molar-refractivity contribution in [3.05, 3.63) is 17.1 Å². The summed E-state index contributed by atoms with van der Waals surface area (Å²) in [6, 6.07) is 0. The molecule has 0 atom stereocenters. The Hall–Kier alpha value is -1.01. The predicted octanol–water partition coefficient (Wildman–Crippen LogP) is 0.310. The molecule has 1 heterocycles. The van der Waals surface area contributed by atoms with E-state index >= 15 is 0 Å². The van der Waals surface area contributed by atoms with Crippen molar-refractivity contribution < 1.29 is 0 Å². The Bertz CT molecular complexity index is 253. The van der Waals surface area contributed by atoms with Crippen LogP contribution in [-0.4, -0.2) is 15.7 Å². The number of nitrogens with two attached hydrogens (primary N) is 1. The lowest BCUT2D eigenvalue weighted by Gasteiger charge is -1.90. The normalized spacial score (nSPS) is 10.2. The van der Waals surface area contributed by atoms with Gasteiger partial charge in [-0.05, 0) is 23.8 Å². The number of hydrogen-bond donors (Lipinski definition) is 2. The molecule has 0 aliphatic heterocycles. The van der Waals surface area contributed by atoms with Gasteiger partial charge in [-0.15, -0.1) is 0 Å². The predicted molar refractivity (Wildman–Crippen MR) is 49.6 cm³/mol. The molecule has 58 valence electrons. The number of thiocarbonyl (C=S) groups is 1. The largest absolute Gasteiger partial charge is 0.375 e. The third-order valence-electron chi connectivity index (χ3n) is 0.840. The van der Waals surface area contributed by atoms with Gasteiger partial charge in [-0.25, -0.2) is 4.37 Å². The highest BCUT2D eigenvalue weighted by Crippen LogP contribution is 1.96. The minimum atomic E-state index is 0.157. The molecule has 0 unspecified atom stereocenters. The van der Waals surface area contributed by atoms with Crippen LogP contribution in [0.4, 0.5) is 0 Å². The van der Waals surface area contributed by atoms with Crippen LogP contribution in [0.25, 0.3) is 0 Å². The molecule has 0 bridgehead atoms. The van der Waals surface area contributed by atoms with Crippen LogP contribution in [0.2, 0.25) is 0 Å². The summed E-state index contributed by atoms with van der Waals surface area (Å²) in [4.78, 5) is 0. The van der Waals surface area contributed by atoms with E-state index in [1.54, 1.807) is 12.4 Å². The third kappa shape index (κ3) is 3.06. The monoisotopic (exact) mass is 186 g/mol. The first-order valence-electron chi connectivity index (χ1n) is 2.77. The SMILES string of the molecule is NC(=S)N/N=C/c1cnsc1. The van der Waals surface area contributed by atoms with E-state index in [2.05, 4.69) is 27.1 Å². The number of nitrogens with one attached hydrogen (secondary N) is 1. The molecule has 1 aromatic heterocycles. The highest BCUT2D eigenvalue weighted by atomic mass is 32.1. The minimum Gasteiger partial charge on any atom is -0.375 e. The number of hydrogen-bond acceptors (Lipinski definition) is 4. The smallest absolute Gasteiger partial charge is 0.184 e. The lowest BCUT2D eigenvalue weighted by molar-refractivity contribution is 1.04. The maximum absolute atomic E-state index is 5.13. The van der Waals surface area contributed by atoms with E-state index in [0.29, 0.717) is 0 Å². The second-order valence-corrected chi connectivity index (χ2v) is 2.79. The Morgan fingerprint density at radius 2 is 2.73 bits per heavy atom. The quantitative estimate of drug-likeness (QED) is 0.396. The van der Waals surface area contributed by atoms with E-state index in [1.165, 1.54) is 11.5 Å². The van der Waals surface area contributed by atoms with Crippen LogP contribution in [-0.2, 0) is 0 Å². The molecule has 1 aromatic rings. The van der Waals surface area contributed by atoms with Gasteiger partial charge >= 0.3 is 0 Å². The van der Waals surface area contributed by atoms with Gasteiger partial charge in [0.25, 0.3) is 0 Å². The van der Waals surface area contributed by atoms with Crippen molar-refractivity contribution in [1.82, 2.24) is 9.80 Å². The Morgan fingerprint density at radius 3 is 3.27 bits per heavy atom. The molecule has 0 fully saturated rings. The summed E-state index contributed by atoms with van der Waals surface area (Å²) in [7, 11) is 0. The van der Waals surface area contributed by atoms with E-state index in [4.69, 9.17) is 5.73 Å². The van der Waals surface area contributed by atoms with Crippen LogP contribution in [0.3, 0.4) is 0 Å². The standard InChI is InChI=1S/C5H6N4S2/c6-5(10)9-7-1-4-2-8-11-3-4/h1-3H,(H3,6,9,10)/b7-1+. The van der Waals surface area contributed by atoms with Crippen LogP contribution in [0.5, 0.6) is 0 Å². The lowest BCUT2D eigenvalue weighted by atomic mass is 10.4. The molecule has 0 saturated heterocycles. The van der Waals surface area contributed by atoms with Crippen LogP contribution in [0.1, 0.15) is 5.56 Å². The second kappa shape index (κ2) is 3.99. The average Bonchev–Trinajstić information content (AvgIpc) is 2.39. The van der Waals surface area contributed by atoms with Crippen molar-refractivity contribution in [2.45, 2.75) is 0 Å². The average molecular weight is 186 g/mol. The fourth-order valence-electron chi connectivity index (χ4n) is 0.447. The van der Waals surface area contributed by atoms with Gasteiger partial charge in [0.05, 0.1) is 6.21 Å². The highest BCUT2D eigenvalue weighted by Gasteiger charge is 1.86. The molecule has 1 rings (SSSR count). The molecule has 4 nitrogen and oxygen atoms in total. The summed E-state index contributed by atoms with van der Waals surface area (Å²) in [5.41, 5.74) is 8.49. The van der Waals surface area contributed by atoms with Crippen molar-refractivity contribution in [3.8, 4) is 0 Å². The molecular weight excluding hydrogens is 180 g/mol. The fourth-order valence-corrected chi connectivity index (χ4v) is 0.987. The van der Waals surface area contributed by atoms with Gasteiger partial charge in [-0.3, -0.25) is 5.43 Å². The minimum absolute atomic E-state index is 0.157. The summed E-state index contributed by atoms with van der Waals surface area (Å²) in [6.07, 6.45) is 3.30. The number of rotatable bonds is 2. The molecule has 0 radical (unpaired) electrons. The maximum Gasteiger partial charge on any atom is 0.184 e. The Kier molecular flexibility index (Phi) is 2.94.